The number of para-hydroxylation sites is 2. The molecule has 1 aliphatic carbocycles. The lowest BCUT2D eigenvalue weighted by atomic mass is 9.60. The molecule has 4 aromatic carbocycles. The van der Waals surface area contributed by atoms with E-state index >= 15 is 0 Å². The van der Waals surface area contributed by atoms with Crippen LogP contribution in [0.3, 0.4) is 0 Å². The first-order chi connectivity index (χ1) is 20.3. The predicted molar refractivity (Wildman–Crippen MR) is 178 cm³/mol. The molecule has 42 heavy (non-hydrogen) atoms. The van der Waals surface area contributed by atoms with Crippen molar-refractivity contribution in [3.05, 3.63) is 131 Å². The molecule has 0 atom stereocenters. The van der Waals surface area contributed by atoms with Gasteiger partial charge in [0.1, 0.15) is 23.0 Å². The van der Waals surface area contributed by atoms with Crippen LogP contribution in [0, 0.1) is 5.92 Å². The van der Waals surface area contributed by atoms with Gasteiger partial charge in [0.25, 0.3) is 0 Å². The number of hydrogen-bond acceptors (Lipinski definition) is 2. The summed E-state index contributed by atoms with van der Waals surface area (Å²) >= 11 is 0. The van der Waals surface area contributed by atoms with Crippen LogP contribution in [0.4, 0.5) is 0 Å². The first-order valence-electron chi connectivity index (χ1n) is 15.3. The van der Waals surface area contributed by atoms with E-state index in [0.29, 0.717) is 5.92 Å². The highest BCUT2D eigenvalue weighted by molar-refractivity contribution is 5.58. The van der Waals surface area contributed by atoms with Crippen molar-refractivity contribution in [3.8, 4) is 23.0 Å². The minimum Gasteiger partial charge on any atom is -0.457 e. The molecule has 0 heterocycles. The fraction of sp³-hybridized carbons (Fsp3) is 0.300. The lowest BCUT2D eigenvalue weighted by molar-refractivity contribution is 0.178. The molecule has 0 unspecified atom stereocenters. The number of ether oxygens (including phenoxy) is 2. The average molecular weight is 557 g/mol. The number of rotatable bonds is 9. The highest BCUT2D eigenvalue weighted by atomic mass is 16.5. The summed E-state index contributed by atoms with van der Waals surface area (Å²) in [5, 5.41) is 0. The van der Waals surface area contributed by atoms with Gasteiger partial charge in [-0.3, -0.25) is 0 Å². The van der Waals surface area contributed by atoms with E-state index in [4.69, 9.17) is 9.47 Å². The molecule has 0 bridgehead atoms. The van der Waals surface area contributed by atoms with Crippen LogP contribution in [0.5, 0.6) is 23.0 Å². The molecule has 1 aliphatic rings. The molecule has 0 aromatic heterocycles. The van der Waals surface area contributed by atoms with Gasteiger partial charge < -0.3 is 9.47 Å². The summed E-state index contributed by atoms with van der Waals surface area (Å²) < 4.78 is 12.5. The smallest absolute Gasteiger partial charge is 0.134 e. The van der Waals surface area contributed by atoms with Gasteiger partial charge in [0.2, 0.25) is 0 Å². The molecule has 5 rings (SSSR count). The van der Waals surface area contributed by atoms with Crippen LogP contribution in [0.2, 0.25) is 0 Å². The van der Waals surface area contributed by atoms with Gasteiger partial charge in [-0.1, -0.05) is 106 Å². The van der Waals surface area contributed by atoms with Gasteiger partial charge in [0.15, 0.2) is 0 Å². The van der Waals surface area contributed by atoms with Gasteiger partial charge in [0.05, 0.1) is 0 Å². The molecule has 2 nitrogen and oxygen atoms in total. The van der Waals surface area contributed by atoms with Gasteiger partial charge in [-0.2, -0.15) is 0 Å². The van der Waals surface area contributed by atoms with Crippen LogP contribution >= 0.6 is 0 Å². The third kappa shape index (κ3) is 6.54. The second-order valence-electron chi connectivity index (χ2n) is 12.4. The van der Waals surface area contributed by atoms with Crippen molar-refractivity contribution in [2.75, 3.05) is 0 Å². The molecule has 0 amide bonds. The average Bonchev–Trinajstić information content (AvgIpc) is 3.00. The van der Waals surface area contributed by atoms with Crippen molar-refractivity contribution in [1.29, 1.82) is 0 Å². The van der Waals surface area contributed by atoms with E-state index in [1.54, 1.807) is 0 Å². The van der Waals surface area contributed by atoms with E-state index in [2.05, 4.69) is 93.6 Å². The third-order valence-corrected chi connectivity index (χ3v) is 9.25. The zero-order valence-corrected chi connectivity index (χ0v) is 25.8. The Kier molecular flexibility index (Phi) is 9.02. The van der Waals surface area contributed by atoms with Crippen molar-refractivity contribution in [2.24, 2.45) is 5.92 Å². The van der Waals surface area contributed by atoms with E-state index in [9.17, 15) is 0 Å². The number of hydrogen-bond donors (Lipinski definition) is 0. The molecule has 1 saturated carbocycles. The van der Waals surface area contributed by atoms with E-state index in [-0.39, 0.29) is 10.8 Å². The monoisotopic (exact) mass is 556 g/mol. The lowest BCUT2D eigenvalue weighted by Crippen LogP contribution is -2.36. The zero-order valence-electron chi connectivity index (χ0n) is 25.8. The molecule has 216 valence electrons. The third-order valence-electron chi connectivity index (χ3n) is 9.25. The summed E-state index contributed by atoms with van der Waals surface area (Å²) in [4.78, 5) is 0. The summed E-state index contributed by atoms with van der Waals surface area (Å²) in [7, 11) is 0. The number of benzene rings is 4. The second kappa shape index (κ2) is 12.9. The first kappa shape index (κ1) is 29.5. The molecule has 4 aromatic rings. The fourth-order valence-electron chi connectivity index (χ4n) is 6.41. The van der Waals surface area contributed by atoms with Crippen LogP contribution < -0.4 is 9.47 Å². The fourth-order valence-corrected chi connectivity index (χ4v) is 6.41. The van der Waals surface area contributed by atoms with Gasteiger partial charge in [-0.05, 0) is 104 Å². The highest BCUT2D eigenvalue weighted by Gasteiger charge is 2.39. The van der Waals surface area contributed by atoms with Crippen LogP contribution in [0.25, 0.3) is 12.2 Å². The van der Waals surface area contributed by atoms with Crippen LogP contribution in [0.15, 0.2) is 109 Å². The van der Waals surface area contributed by atoms with Gasteiger partial charge in [-0.25, -0.2) is 0 Å². The quantitative estimate of drug-likeness (QED) is 0.204. The Morgan fingerprint density at radius 3 is 1.57 bits per heavy atom. The van der Waals surface area contributed by atoms with Crippen molar-refractivity contribution < 1.29 is 9.47 Å². The van der Waals surface area contributed by atoms with Crippen molar-refractivity contribution in [3.63, 3.8) is 0 Å². The maximum atomic E-state index is 6.25. The molecular formula is C40H44O2. The number of allylic oxidation sites excluding steroid dienone is 2. The zero-order chi connectivity index (χ0) is 29.6. The first-order valence-corrected chi connectivity index (χ1v) is 15.3. The summed E-state index contributed by atoms with van der Waals surface area (Å²) in [5.41, 5.74) is 5.25. The minimum absolute atomic E-state index is 0.0980. The lowest BCUT2D eigenvalue weighted by Gasteiger charge is -2.44. The molecule has 0 aliphatic heterocycles. The Balaban J connectivity index is 1.22. The molecular weight excluding hydrogens is 512 g/mol. The Bertz CT molecular complexity index is 1510. The van der Waals surface area contributed by atoms with Gasteiger partial charge in [-0.15, -0.1) is 0 Å². The topological polar surface area (TPSA) is 18.5 Å². The summed E-state index contributed by atoms with van der Waals surface area (Å²) in [5.74, 6) is 4.16. The van der Waals surface area contributed by atoms with Gasteiger partial charge in [0, 0.05) is 11.1 Å². The maximum Gasteiger partial charge on any atom is 0.134 e. The highest BCUT2D eigenvalue weighted by Crippen LogP contribution is 2.48. The molecule has 0 saturated heterocycles. The van der Waals surface area contributed by atoms with Gasteiger partial charge >= 0.3 is 0 Å². The Hall–Kier alpha value is -4.04. The van der Waals surface area contributed by atoms with Crippen LogP contribution in [0.1, 0.15) is 82.6 Å². The van der Waals surface area contributed by atoms with E-state index in [1.807, 2.05) is 62.4 Å². The summed E-state index contributed by atoms with van der Waals surface area (Å²) in [6.45, 7) is 11.3. The summed E-state index contributed by atoms with van der Waals surface area (Å²) in [6, 6.07) is 33.9. The standard InChI is InChI=1S/C40H44O2/c1-6-12-30-14-8-10-16-37(30)41-35-22-18-32(19-23-35)39(3,4)33-26-28-40(5,29-27-33)34-20-24-36(25-21-34)42-38-17-11-9-15-31(38)13-7-2/h6-25,33H,26-29H2,1-5H3. The van der Waals surface area contributed by atoms with Crippen LogP contribution in [-0.4, -0.2) is 0 Å². The van der Waals surface area contributed by atoms with E-state index in [1.165, 1.54) is 36.8 Å². The normalized spacial score (nSPS) is 19.3. The Morgan fingerprint density at radius 1 is 0.643 bits per heavy atom. The minimum atomic E-state index is 0.0980. The van der Waals surface area contributed by atoms with Crippen molar-refractivity contribution >= 4 is 12.2 Å². The van der Waals surface area contributed by atoms with Crippen molar-refractivity contribution in [2.45, 2.75) is 71.1 Å². The van der Waals surface area contributed by atoms with Crippen LogP contribution in [-0.2, 0) is 10.8 Å². The molecule has 1 fully saturated rings. The molecule has 0 radical (unpaired) electrons. The summed E-state index contributed by atoms with van der Waals surface area (Å²) in [6.07, 6.45) is 13.1. The molecule has 0 spiro atoms. The van der Waals surface area contributed by atoms with Crippen molar-refractivity contribution in [1.82, 2.24) is 0 Å². The Labute approximate surface area is 252 Å². The largest absolute Gasteiger partial charge is 0.457 e. The Morgan fingerprint density at radius 2 is 1.10 bits per heavy atom. The van der Waals surface area contributed by atoms with E-state index < -0.39 is 0 Å². The van der Waals surface area contributed by atoms with E-state index in [0.717, 1.165) is 34.1 Å². The predicted octanol–water partition coefficient (Wildman–Crippen LogP) is 11.8. The maximum absolute atomic E-state index is 6.25. The molecule has 0 N–H and O–H groups in total. The SMILES string of the molecule is CC=Cc1ccccc1Oc1ccc(C2(C)CCC(C(C)(C)c3ccc(Oc4ccccc4C=CC)cc3)CC2)cc1. The second-order valence-corrected chi connectivity index (χ2v) is 12.4. The molecule has 2 heteroatoms.